The van der Waals surface area contributed by atoms with Gasteiger partial charge < -0.3 is 10.1 Å². The number of hydrogen-bond acceptors (Lipinski definition) is 4. The Kier molecular flexibility index (Phi) is 5.30. The number of aromatic nitrogens is 1. The van der Waals surface area contributed by atoms with Crippen LogP contribution >= 0.6 is 23.2 Å². The molecule has 1 aromatic heterocycles. The first-order chi connectivity index (χ1) is 10.5. The van der Waals surface area contributed by atoms with Crippen LogP contribution in [0.3, 0.4) is 0 Å². The highest BCUT2D eigenvalue weighted by molar-refractivity contribution is 6.33. The molecule has 0 bridgehead atoms. The zero-order chi connectivity index (χ0) is 16.1. The highest BCUT2D eigenvalue weighted by atomic mass is 35.5. The largest absolute Gasteiger partial charge is 0.452 e. The lowest BCUT2D eigenvalue weighted by Gasteiger charge is -2.08. The number of ether oxygens (including phenoxy) is 1. The molecule has 5 nitrogen and oxygen atoms in total. The summed E-state index contributed by atoms with van der Waals surface area (Å²) in [4.78, 5) is 27.1. The van der Waals surface area contributed by atoms with Crippen molar-refractivity contribution in [3.05, 3.63) is 58.1 Å². The van der Waals surface area contributed by atoms with Gasteiger partial charge in [0.05, 0.1) is 16.3 Å². The Morgan fingerprint density at radius 2 is 2.05 bits per heavy atom. The summed E-state index contributed by atoms with van der Waals surface area (Å²) in [5.41, 5.74) is 0.264. The standard InChI is InChI=1S/C14H9Cl2FN2O3/c15-10-6-8(17)3-4-11(10)19-12(20)7-22-14(21)9-2-1-5-18-13(9)16/h1-6H,7H2,(H,19,20). The molecule has 8 heteroatoms. The molecule has 0 saturated carbocycles. The minimum Gasteiger partial charge on any atom is -0.452 e. The van der Waals surface area contributed by atoms with Crippen LogP contribution in [0.2, 0.25) is 10.2 Å². The molecule has 0 unspecified atom stereocenters. The molecule has 2 rings (SSSR count). The van der Waals surface area contributed by atoms with E-state index in [-0.39, 0.29) is 21.4 Å². The van der Waals surface area contributed by atoms with Crippen molar-refractivity contribution in [1.29, 1.82) is 0 Å². The van der Waals surface area contributed by atoms with Crippen LogP contribution in [0.1, 0.15) is 10.4 Å². The summed E-state index contributed by atoms with van der Waals surface area (Å²) < 4.78 is 17.7. The Labute approximate surface area is 135 Å². The van der Waals surface area contributed by atoms with Gasteiger partial charge in [0.25, 0.3) is 5.91 Å². The lowest BCUT2D eigenvalue weighted by atomic mass is 10.3. The Morgan fingerprint density at radius 3 is 2.73 bits per heavy atom. The van der Waals surface area contributed by atoms with E-state index in [1.54, 1.807) is 0 Å². The van der Waals surface area contributed by atoms with Gasteiger partial charge in [0, 0.05) is 6.20 Å². The molecule has 0 aliphatic rings. The summed E-state index contributed by atoms with van der Waals surface area (Å²) >= 11 is 11.5. The average Bonchev–Trinajstić information content (AvgIpc) is 2.48. The predicted molar refractivity (Wildman–Crippen MR) is 79.6 cm³/mol. The normalized spacial score (nSPS) is 10.1. The van der Waals surface area contributed by atoms with Gasteiger partial charge in [0.2, 0.25) is 0 Å². The van der Waals surface area contributed by atoms with Gasteiger partial charge in [-0.05, 0) is 30.3 Å². The van der Waals surface area contributed by atoms with Gasteiger partial charge in [-0.2, -0.15) is 0 Å². The molecule has 0 radical (unpaired) electrons. The number of anilines is 1. The number of nitrogens with one attached hydrogen (secondary N) is 1. The molecular weight excluding hydrogens is 334 g/mol. The maximum absolute atomic E-state index is 12.9. The molecule has 0 atom stereocenters. The monoisotopic (exact) mass is 342 g/mol. The second-order valence-electron chi connectivity index (χ2n) is 4.09. The van der Waals surface area contributed by atoms with Crippen molar-refractivity contribution in [3.8, 4) is 0 Å². The van der Waals surface area contributed by atoms with Crippen molar-refractivity contribution >= 4 is 40.8 Å². The molecule has 22 heavy (non-hydrogen) atoms. The number of carbonyl (C=O) groups excluding carboxylic acids is 2. The third kappa shape index (κ3) is 4.16. The third-order valence-electron chi connectivity index (χ3n) is 2.52. The number of carbonyl (C=O) groups is 2. The van der Waals surface area contributed by atoms with E-state index >= 15 is 0 Å². The maximum atomic E-state index is 12.9. The van der Waals surface area contributed by atoms with E-state index < -0.39 is 24.3 Å². The van der Waals surface area contributed by atoms with Gasteiger partial charge in [0.15, 0.2) is 6.61 Å². The topological polar surface area (TPSA) is 68.3 Å². The van der Waals surface area contributed by atoms with Crippen LogP contribution in [-0.4, -0.2) is 23.5 Å². The fourth-order valence-corrected chi connectivity index (χ4v) is 1.94. The fraction of sp³-hybridized carbons (Fsp3) is 0.0714. The number of nitrogens with zero attached hydrogens (tertiary/aromatic N) is 1. The van der Waals surface area contributed by atoms with Gasteiger partial charge in [0.1, 0.15) is 11.0 Å². The molecule has 0 spiro atoms. The van der Waals surface area contributed by atoms with Crippen molar-refractivity contribution in [2.24, 2.45) is 0 Å². The number of esters is 1. The van der Waals surface area contributed by atoms with E-state index in [1.807, 2.05) is 0 Å². The highest BCUT2D eigenvalue weighted by Gasteiger charge is 2.14. The molecule has 1 aromatic carbocycles. The third-order valence-corrected chi connectivity index (χ3v) is 3.13. The van der Waals surface area contributed by atoms with Crippen LogP contribution in [-0.2, 0) is 9.53 Å². The van der Waals surface area contributed by atoms with Gasteiger partial charge >= 0.3 is 5.97 Å². The molecule has 1 heterocycles. The number of rotatable bonds is 4. The van der Waals surface area contributed by atoms with Crippen molar-refractivity contribution in [2.75, 3.05) is 11.9 Å². The molecular formula is C14H9Cl2FN2O3. The Balaban J connectivity index is 1.93. The second-order valence-corrected chi connectivity index (χ2v) is 4.86. The Bertz CT molecular complexity index is 725. The van der Waals surface area contributed by atoms with Crippen LogP contribution in [0, 0.1) is 5.82 Å². The smallest absolute Gasteiger partial charge is 0.341 e. The minimum atomic E-state index is -0.779. The zero-order valence-corrected chi connectivity index (χ0v) is 12.5. The van der Waals surface area contributed by atoms with E-state index in [1.165, 1.54) is 24.4 Å². The van der Waals surface area contributed by atoms with Crippen molar-refractivity contribution in [1.82, 2.24) is 4.98 Å². The lowest BCUT2D eigenvalue weighted by molar-refractivity contribution is -0.119. The quantitative estimate of drug-likeness (QED) is 0.683. The predicted octanol–water partition coefficient (Wildman–Crippen LogP) is 3.32. The SMILES string of the molecule is O=C(COC(=O)c1cccnc1Cl)Nc1ccc(F)cc1Cl. The van der Waals surface area contributed by atoms with Crippen LogP contribution in [0.5, 0.6) is 0 Å². The molecule has 1 N–H and O–H groups in total. The Hall–Kier alpha value is -2.18. The van der Waals surface area contributed by atoms with Gasteiger partial charge in [-0.15, -0.1) is 0 Å². The van der Waals surface area contributed by atoms with Gasteiger partial charge in [-0.25, -0.2) is 14.2 Å². The van der Waals surface area contributed by atoms with E-state index in [0.29, 0.717) is 0 Å². The van der Waals surface area contributed by atoms with Crippen molar-refractivity contribution in [2.45, 2.75) is 0 Å². The Morgan fingerprint density at radius 1 is 1.27 bits per heavy atom. The van der Waals surface area contributed by atoms with E-state index in [2.05, 4.69) is 10.3 Å². The van der Waals surface area contributed by atoms with E-state index in [0.717, 1.165) is 12.1 Å². The molecule has 0 aliphatic carbocycles. The van der Waals surface area contributed by atoms with Crippen molar-refractivity contribution < 1.29 is 18.7 Å². The summed E-state index contributed by atoms with van der Waals surface area (Å²) in [6, 6.07) is 6.43. The lowest BCUT2D eigenvalue weighted by Crippen LogP contribution is -2.21. The summed E-state index contributed by atoms with van der Waals surface area (Å²) in [6.07, 6.45) is 1.42. The van der Waals surface area contributed by atoms with Crippen LogP contribution < -0.4 is 5.32 Å². The maximum Gasteiger partial charge on any atom is 0.341 e. The van der Waals surface area contributed by atoms with E-state index in [9.17, 15) is 14.0 Å². The van der Waals surface area contributed by atoms with Crippen molar-refractivity contribution in [3.63, 3.8) is 0 Å². The van der Waals surface area contributed by atoms with Crippen LogP contribution in [0.15, 0.2) is 36.5 Å². The highest BCUT2D eigenvalue weighted by Crippen LogP contribution is 2.22. The molecule has 114 valence electrons. The minimum absolute atomic E-state index is 0.0190. The first kappa shape index (κ1) is 16.2. The first-order valence-electron chi connectivity index (χ1n) is 6.00. The summed E-state index contributed by atoms with van der Waals surface area (Å²) in [5, 5.41) is 2.41. The molecule has 0 saturated heterocycles. The first-order valence-corrected chi connectivity index (χ1v) is 6.75. The summed E-state index contributed by atoms with van der Waals surface area (Å²) in [6.45, 7) is -0.544. The average molecular weight is 343 g/mol. The molecule has 0 aliphatic heterocycles. The summed E-state index contributed by atoms with van der Waals surface area (Å²) in [5.74, 6) is -1.93. The number of pyridine rings is 1. The van der Waals surface area contributed by atoms with Gasteiger partial charge in [-0.3, -0.25) is 4.79 Å². The van der Waals surface area contributed by atoms with Gasteiger partial charge in [-0.1, -0.05) is 23.2 Å². The summed E-state index contributed by atoms with van der Waals surface area (Å²) in [7, 11) is 0. The number of amides is 1. The van der Waals surface area contributed by atoms with Crippen LogP contribution in [0.4, 0.5) is 10.1 Å². The fourth-order valence-electron chi connectivity index (χ4n) is 1.52. The zero-order valence-electron chi connectivity index (χ0n) is 11.0. The number of benzene rings is 1. The van der Waals surface area contributed by atoms with Crippen LogP contribution in [0.25, 0.3) is 0 Å². The molecule has 0 fully saturated rings. The second kappa shape index (κ2) is 7.20. The van der Waals surface area contributed by atoms with E-state index in [4.69, 9.17) is 27.9 Å². The number of halogens is 3. The molecule has 2 aromatic rings. The number of hydrogen-bond donors (Lipinski definition) is 1. The molecule has 1 amide bonds.